The Morgan fingerprint density at radius 2 is 1.73 bits per heavy atom. The van der Waals surface area contributed by atoms with Crippen LogP contribution in [0.2, 0.25) is 0 Å². The molecule has 3 heterocycles. The highest BCUT2D eigenvalue weighted by Gasteiger charge is 2.24. The number of carbonyl (C=O) groups excluding carboxylic acids is 1. The second-order valence-electron chi connectivity index (χ2n) is 8.06. The predicted molar refractivity (Wildman–Crippen MR) is 124 cm³/mol. The fourth-order valence-electron chi connectivity index (χ4n) is 4.11. The minimum Gasteiger partial charge on any atom is -0.384 e. The molecule has 3 N–H and O–H groups in total. The maximum atomic E-state index is 13.2. The zero-order chi connectivity index (χ0) is 22.8. The molecule has 2 aromatic heterocycles. The molecule has 5 rings (SSSR count). The minimum absolute atomic E-state index is 0.250. The standard InChI is InChI=1S/C24H25FN6O2/c25-17-7-5-16(6-8-17)15-27-24(32)20-21-23(29-19-4-2-1-3-18(19)28-21)31(22(20)26)10-9-30-11-13-33-14-12-30/h1-8H,9-15,26H2,(H,27,32). The van der Waals surface area contributed by atoms with E-state index >= 15 is 0 Å². The van der Waals surface area contributed by atoms with Crippen LogP contribution in [0.1, 0.15) is 15.9 Å². The van der Waals surface area contributed by atoms with Gasteiger partial charge in [-0.25, -0.2) is 14.4 Å². The number of nitrogens with one attached hydrogen (secondary N) is 1. The summed E-state index contributed by atoms with van der Waals surface area (Å²) >= 11 is 0. The van der Waals surface area contributed by atoms with Gasteiger partial charge in [-0.1, -0.05) is 24.3 Å². The van der Waals surface area contributed by atoms with Crippen molar-refractivity contribution in [3.8, 4) is 0 Å². The van der Waals surface area contributed by atoms with E-state index < -0.39 is 0 Å². The van der Waals surface area contributed by atoms with Crippen LogP contribution in [-0.2, 0) is 17.8 Å². The Bertz CT molecular complexity index is 1300. The van der Waals surface area contributed by atoms with Crippen molar-refractivity contribution in [3.05, 3.63) is 65.5 Å². The molecule has 0 spiro atoms. The maximum Gasteiger partial charge on any atom is 0.257 e. The first-order chi connectivity index (χ1) is 16.1. The minimum atomic E-state index is -0.337. The van der Waals surface area contributed by atoms with E-state index in [0.717, 1.165) is 30.7 Å². The highest BCUT2D eigenvalue weighted by molar-refractivity contribution is 6.10. The van der Waals surface area contributed by atoms with E-state index in [9.17, 15) is 9.18 Å². The van der Waals surface area contributed by atoms with Crippen molar-refractivity contribution in [1.82, 2.24) is 24.8 Å². The molecule has 1 saturated heterocycles. The lowest BCUT2D eigenvalue weighted by Crippen LogP contribution is -2.38. The van der Waals surface area contributed by atoms with Gasteiger partial charge >= 0.3 is 0 Å². The summed E-state index contributed by atoms with van der Waals surface area (Å²) in [5.41, 5.74) is 10.1. The summed E-state index contributed by atoms with van der Waals surface area (Å²) in [7, 11) is 0. The summed E-state index contributed by atoms with van der Waals surface area (Å²) in [4.78, 5) is 25.0. The zero-order valence-electron chi connectivity index (χ0n) is 18.1. The summed E-state index contributed by atoms with van der Waals surface area (Å²) in [5, 5.41) is 2.89. The molecule has 170 valence electrons. The first-order valence-electron chi connectivity index (χ1n) is 11.0. The molecule has 1 aliphatic heterocycles. The Labute approximate surface area is 190 Å². The third-order valence-corrected chi connectivity index (χ3v) is 5.93. The second-order valence-corrected chi connectivity index (χ2v) is 8.06. The Hall–Kier alpha value is -3.56. The van der Waals surface area contributed by atoms with Crippen molar-refractivity contribution < 1.29 is 13.9 Å². The first-order valence-corrected chi connectivity index (χ1v) is 11.0. The second kappa shape index (κ2) is 9.13. The molecule has 1 amide bonds. The number of nitrogen functional groups attached to an aromatic ring is 1. The molecule has 0 radical (unpaired) electrons. The number of ether oxygens (including phenoxy) is 1. The van der Waals surface area contributed by atoms with Crippen LogP contribution in [0.15, 0.2) is 48.5 Å². The van der Waals surface area contributed by atoms with Gasteiger partial charge in [-0.3, -0.25) is 9.69 Å². The number of hydrogen-bond acceptors (Lipinski definition) is 6. The molecule has 0 atom stereocenters. The number of amides is 1. The van der Waals surface area contributed by atoms with Crippen molar-refractivity contribution in [2.45, 2.75) is 13.1 Å². The molecule has 8 nitrogen and oxygen atoms in total. The van der Waals surface area contributed by atoms with Crippen molar-refractivity contribution in [3.63, 3.8) is 0 Å². The van der Waals surface area contributed by atoms with Crippen molar-refractivity contribution in [1.29, 1.82) is 0 Å². The third-order valence-electron chi connectivity index (χ3n) is 5.93. The van der Waals surface area contributed by atoms with E-state index in [-0.39, 0.29) is 18.3 Å². The van der Waals surface area contributed by atoms with Crippen LogP contribution in [0.25, 0.3) is 22.2 Å². The Kier molecular flexibility index (Phi) is 5.89. The van der Waals surface area contributed by atoms with Crippen LogP contribution >= 0.6 is 0 Å². The van der Waals surface area contributed by atoms with E-state index in [0.29, 0.717) is 47.8 Å². The summed E-state index contributed by atoms with van der Waals surface area (Å²) in [5.74, 6) is -0.318. The summed E-state index contributed by atoms with van der Waals surface area (Å²) in [6, 6.07) is 13.6. The van der Waals surface area contributed by atoms with Gasteiger partial charge in [-0.05, 0) is 29.8 Å². The van der Waals surface area contributed by atoms with E-state index in [1.54, 1.807) is 12.1 Å². The van der Waals surface area contributed by atoms with E-state index in [4.69, 9.17) is 20.4 Å². The van der Waals surface area contributed by atoms with Crippen LogP contribution in [0, 0.1) is 5.82 Å². The van der Waals surface area contributed by atoms with Gasteiger partial charge in [0.1, 0.15) is 22.7 Å². The summed E-state index contributed by atoms with van der Waals surface area (Å²) in [6.45, 7) is 4.74. The van der Waals surface area contributed by atoms with Gasteiger partial charge in [0.15, 0.2) is 5.65 Å². The normalized spacial score (nSPS) is 14.7. The average Bonchev–Trinajstić information content (AvgIpc) is 3.11. The number of nitrogens with two attached hydrogens (primary N) is 1. The third kappa shape index (κ3) is 4.37. The number of anilines is 1. The highest BCUT2D eigenvalue weighted by atomic mass is 19.1. The molecule has 9 heteroatoms. The molecule has 1 fully saturated rings. The topological polar surface area (TPSA) is 98.3 Å². The Morgan fingerprint density at radius 1 is 1.03 bits per heavy atom. The number of nitrogens with zero attached hydrogens (tertiary/aromatic N) is 4. The average molecular weight is 449 g/mol. The fraction of sp³-hybridized carbons (Fsp3) is 0.292. The number of morpholine rings is 1. The monoisotopic (exact) mass is 448 g/mol. The molecular formula is C24H25FN6O2. The summed E-state index contributed by atoms with van der Waals surface area (Å²) in [6.07, 6.45) is 0. The lowest BCUT2D eigenvalue weighted by atomic mass is 10.2. The van der Waals surface area contributed by atoms with Crippen molar-refractivity contribution >= 4 is 33.9 Å². The molecular weight excluding hydrogens is 423 g/mol. The molecule has 0 bridgehead atoms. The smallest absolute Gasteiger partial charge is 0.257 e. The van der Waals surface area contributed by atoms with Crippen molar-refractivity contribution in [2.24, 2.45) is 0 Å². The van der Waals surface area contributed by atoms with Crippen LogP contribution < -0.4 is 11.1 Å². The van der Waals surface area contributed by atoms with Gasteiger partial charge in [0.25, 0.3) is 5.91 Å². The highest BCUT2D eigenvalue weighted by Crippen LogP contribution is 2.28. The van der Waals surface area contributed by atoms with Gasteiger partial charge in [0, 0.05) is 32.7 Å². The van der Waals surface area contributed by atoms with Gasteiger partial charge in [0.2, 0.25) is 0 Å². The molecule has 0 unspecified atom stereocenters. The predicted octanol–water partition coefficient (Wildman–Crippen LogP) is 2.57. The number of fused-ring (bicyclic) bond motifs is 2. The molecule has 2 aromatic carbocycles. The van der Waals surface area contributed by atoms with Crippen molar-refractivity contribution in [2.75, 3.05) is 38.6 Å². The van der Waals surface area contributed by atoms with Gasteiger partial charge in [-0.15, -0.1) is 0 Å². The fourth-order valence-corrected chi connectivity index (χ4v) is 4.11. The lowest BCUT2D eigenvalue weighted by molar-refractivity contribution is 0.0366. The van der Waals surface area contributed by atoms with E-state index in [1.165, 1.54) is 12.1 Å². The van der Waals surface area contributed by atoms with Crippen LogP contribution in [-0.4, -0.2) is 58.2 Å². The number of halogens is 1. The largest absolute Gasteiger partial charge is 0.384 e. The number of aromatic nitrogens is 3. The number of carbonyl (C=O) groups is 1. The molecule has 0 aliphatic carbocycles. The lowest BCUT2D eigenvalue weighted by Gasteiger charge is -2.26. The number of para-hydroxylation sites is 2. The van der Waals surface area contributed by atoms with Gasteiger partial charge in [-0.2, -0.15) is 0 Å². The Morgan fingerprint density at radius 3 is 2.45 bits per heavy atom. The molecule has 4 aromatic rings. The van der Waals surface area contributed by atoms with Gasteiger partial charge in [0.05, 0.1) is 24.2 Å². The van der Waals surface area contributed by atoms with E-state index in [2.05, 4.69) is 10.2 Å². The zero-order valence-corrected chi connectivity index (χ0v) is 18.1. The summed E-state index contributed by atoms with van der Waals surface area (Å²) < 4.78 is 20.5. The number of benzene rings is 2. The molecule has 33 heavy (non-hydrogen) atoms. The van der Waals surface area contributed by atoms with Gasteiger partial charge < -0.3 is 20.4 Å². The number of hydrogen-bond donors (Lipinski definition) is 2. The van der Waals surface area contributed by atoms with Crippen LogP contribution in [0.3, 0.4) is 0 Å². The van der Waals surface area contributed by atoms with Crippen LogP contribution in [0.5, 0.6) is 0 Å². The molecule has 1 aliphatic rings. The Balaban J connectivity index is 1.49. The van der Waals surface area contributed by atoms with Crippen LogP contribution in [0.4, 0.5) is 10.2 Å². The van der Waals surface area contributed by atoms with E-state index in [1.807, 2.05) is 28.8 Å². The maximum absolute atomic E-state index is 13.2. The number of rotatable bonds is 6. The molecule has 0 saturated carbocycles. The quantitative estimate of drug-likeness (QED) is 0.471. The first kappa shape index (κ1) is 21.3. The SMILES string of the molecule is Nc1c(C(=O)NCc2ccc(F)cc2)c2nc3ccccc3nc2n1CCN1CCOCC1.